The molecule has 4 nitrogen and oxygen atoms in total. The molecule has 1 N–H and O–H groups in total. The Kier molecular flexibility index (Phi) is 5.76. The van der Waals surface area contributed by atoms with Crippen molar-refractivity contribution in [2.45, 2.75) is 6.54 Å². The fraction of sp³-hybridized carbons (Fsp3) is 0.100. The van der Waals surface area contributed by atoms with Crippen LogP contribution in [-0.2, 0) is 16.1 Å². The number of amides is 1. The van der Waals surface area contributed by atoms with E-state index in [1.807, 2.05) is 30.3 Å². The number of ether oxygens (including phenoxy) is 1. The van der Waals surface area contributed by atoms with Crippen LogP contribution in [0.2, 0.25) is 10.0 Å². The van der Waals surface area contributed by atoms with Gasteiger partial charge in [-0.1, -0.05) is 65.7 Å². The third-order valence-corrected chi connectivity index (χ3v) is 4.42. The highest BCUT2D eigenvalue weighted by Crippen LogP contribution is 2.21. The topological polar surface area (TPSA) is 55.4 Å². The molecular weight excluding hydrogens is 373 g/mol. The van der Waals surface area contributed by atoms with Crippen LogP contribution in [0, 0.1) is 0 Å². The molecule has 0 radical (unpaired) electrons. The van der Waals surface area contributed by atoms with Crippen LogP contribution in [0.25, 0.3) is 10.8 Å². The van der Waals surface area contributed by atoms with Gasteiger partial charge < -0.3 is 10.1 Å². The third-order valence-electron chi connectivity index (χ3n) is 3.84. The summed E-state index contributed by atoms with van der Waals surface area (Å²) in [7, 11) is 0. The molecule has 0 saturated carbocycles. The minimum atomic E-state index is -0.540. The highest BCUT2D eigenvalue weighted by Gasteiger charge is 2.13. The summed E-state index contributed by atoms with van der Waals surface area (Å²) < 4.78 is 5.13. The van der Waals surface area contributed by atoms with Crippen molar-refractivity contribution >= 4 is 45.9 Å². The van der Waals surface area contributed by atoms with E-state index in [4.69, 9.17) is 27.9 Å². The molecule has 0 aliphatic rings. The maximum Gasteiger partial charge on any atom is 0.339 e. The van der Waals surface area contributed by atoms with E-state index in [9.17, 15) is 9.59 Å². The summed E-state index contributed by atoms with van der Waals surface area (Å²) in [4.78, 5) is 24.2. The number of benzene rings is 3. The lowest BCUT2D eigenvalue weighted by Gasteiger charge is -2.09. The predicted octanol–water partition coefficient (Wildman–Crippen LogP) is 4.62. The maximum atomic E-state index is 12.3. The van der Waals surface area contributed by atoms with Crippen LogP contribution in [0.3, 0.4) is 0 Å². The normalized spacial score (nSPS) is 10.5. The number of carbonyl (C=O) groups excluding carboxylic acids is 2. The molecule has 0 saturated heterocycles. The second-order valence-electron chi connectivity index (χ2n) is 5.62. The van der Waals surface area contributed by atoms with Gasteiger partial charge in [0.15, 0.2) is 6.61 Å². The number of nitrogens with one attached hydrogen (secondary N) is 1. The van der Waals surface area contributed by atoms with Crippen molar-refractivity contribution in [3.05, 3.63) is 81.8 Å². The number of hydrogen-bond donors (Lipinski definition) is 1. The Morgan fingerprint density at radius 1 is 0.962 bits per heavy atom. The van der Waals surface area contributed by atoms with Gasteiger partial charge in [0.25, 0.3) is 5.91 Å². The number of fused-ring (bicyclic) bond motifs is 1. The van der Waals surface area contributed by atoms with Gasteiger partial charge in [-0.15, -0.1) is 0 Å². The lowest BCUT2D eigenvalue weighted by atomic mass is 10.1. The summed E-state index contributed by atoms with van der Waals surface area (Å²) in [5.41, 5.74) is 1.15. The SMILES string of the molecule is O=C(COC(=O)c1cccc2ccccc12)NCc1ccc(Cl)cc1Cl. The number of carbonyl (C=O) groups is 2. The summed E-state index contributed by atoms with van der Waals surface area (Å²) >= 11 is 11.9. The number of rotatable bonds is 5. The maximum absolute atomic E-state index is 12.3. The van der Waals surface area contributed by atoms with Gasteiger partial charge in [0.2, 0.25) is 0 Å². The molecule has 0 aromatic heterocycles. The molecule has 26 heavy (non-hydrogen) atoms. The second-order valence-corrected chi connectivity index (χ2v) is 6.46. The molecule has 132 valence electrons. The molecule has 0 aliphatic heterocycles. The summed E-state index contributed by atoms with van der Waals surface area (Å²) in [6.07, 6.45) is 0. The van der Waals surface area contributed by atoms with Crippen molar-refractivity contribution in [2.24, 2.45) is 0 Å². The summed E-state index contributed by atoms with van der Waals surface area (Å²) in [6, 6.07) is 17.9. The molecule has 0 spiro atoms. The van der Waals surface area contributed by atoms with Crippen LogP contribution in [0.15, 0.2) is 60.7 Å². The molecule has 0 bridgehead atoms. The minimum Gasteiger partial charge on any atom is -0.452 e. The third kappa shape index (κ3) is 4.34. The van der Waals surface area contributed by atoms with Crippen molar-refractivity contribution in [2.75, 3.05) is 6.61 Å². The smallest absolute Gasteiger partial charge is 0.339 e. The first kappa shape index (κ1) is 18.2. The van der Waals surface area contributed by atoms with Crippen molar-refractivity contribution < 1.29 is 14.3 Å². The molecule has 0 fully saturated rings. The quantitative estimate of drug-likeness (QED) is 0.649. The Hall–Kier alpha value is -2.56. The zero-order chi connectivity index (χ0) is 18.5. The standard InChI is InChI=1S/C20H15Cl2NO3/c21-15-9-8-14(18(22)10-15)11-23-19(24)12-26-20(25)17-7-3-5-13-4-1-2-6-16(13)17/h1-10H,11-12H2,(H,23,24). The molecule has 0 aliphatic carbocycles. The van der Waals surface area contributed by atoms with Crippen LogP contribution in [0.5, 0.6) is 0 Å². The first-order chi connectivity index (χ1) is 12.5. The fourth-order valence-electron chi connectivity index (χ4n) is 2.52. The van der Waals surface area contributed by atoms with Gasteiger partial charge in [-0.25, -0.2) is 4.79 Å². The Morgan fingerprint density at radius 2 is 1.73 bits per heavy atom. The highest BCUT2D eigenvalue weighted by molar-refractivity contribution is 6.35. The second kappa shape index (κ2) is 8.21. The minimum absolute atomic E-state index is 0.223. The first-order valence-electron chi connectivity index (χ1n) is 7.90. The van der Waals surface area contributed by atoms with Crippen molar-refractivity contribution in [3.63, 3.8) is 0 Å². The van der Waals surface area contributed by atoms with Gasteiger partial charge in [-0.3, -0.25) is 4.79 Å². The van der Waals surface area contributed by atoms with E-state index < -0.39 is 11.9 Å². The van der Waals surface area contributed by atoms with Crippen LogP contribution < -0.4 is 5.32 Å². The van der Waals surface area contributed by atoms with E-state index in [-0.39, 0.29) is 13.2 Å². The molecular formula is C20H15Cl2NO3. The lowest BCUT2D eigenvalue weighted by molar-refractivity contribution is -0.124. The van der Waals surface area contributed by atoms with Crippen LogP contribution in [0.4, 0.5) is 0 Å². The van der Waals surface area contributed by atoms with Gasteiger partial charge in [-0.05, 0) is 34.5 Å². The van der Waals surface area contributed by atoms with E-state index in [1.165, 1.54) is 0 Å². The Bertz CT molecular complexity index is 967. The first-order valence-corrected chi connectivity index (χ1v) is 8.66. The van der Waals surface area contributed by atoms with Gasteiger partial charge in [0, 0.05) is 16.6 Å². The van der Waals surface area contributed by atoms with Crippen molar-refractivity contribution in [1.82, 2.24) is 5.32 Å². The average molecular weight is 388 g/mol. The van der Waals surface area contributed by atoms with Gasteiger partial charge >= 0.3 is 5.97 Å². The van der Waals surface area contributed by atoms with Crippen molar-refractivity contribution in [3.8, 4) is 0 Å². The van der Waals surface area contributed by atoms with E-state index >= 15 is 0 Å². The zero-order valence-corrected chi connectivity index (χ0v) is 15.2. The monoisotopic (exact) mass is 387 g/mol. The molecule has 1 amide bonds. The molecule has 3 rings (SSSR count). The Morgan fingerprint density at radius 3 is 2.54 bits per heavy atom. The van der Waals surface area contributed by atoms with Gasteiger partial charge in [0.05, 0.1) is 5.56 Å². The predicted molar refractivity (Wildman–Crippen MR) is 103 cm³/mol. The molecule has 3 aromatic carbocycles. The zero-order valence-electron chi connectivity index (χ0n) is 13.7. The molecule has 0 heterocycles. The Balaban J connectivity index is 1.58. The average Bonchev–Trinajstić information content (AvgIpc) is 2.65. The molecule has 0 atom stereocenters. The van der Waals surface area contributed by atoms with E-state index in [2.05, 4.69) is 5.32 Å². The number of halogens is 2. The van der Waals surface area contributed by atoms with E-state index in [0.29, 0.717) is 15.6 Å². The lowest BCUT2D eigenvalue weighted by Crippen LogP contribution is -2.28. The summed E-state index contributed by atoms with van der Waals surface area (Å²) in [6.45, 7) is -0.145. The summed E-state index contributed by atoms with van der Waals surface area (Å²) in [5, 5.41) is 5.36. The molecule has 3 aromatic rings. The van der Waals surface area contributed by atoms with Gasteiger partial charge in [0.1, 0.15) is 0 Å². The largest absolute Gasteiger partial charge is 0.452 e. The number of hydrogen-bond acceptors (Lipinski definition) is 3. The van der Waals surface area contributed by atoms with E-state index in [1.54, 1.807) is 30.3 Å². The highest BCUT2D eigenvalue weighted by atomic mass is 35.5. The fourth-order valence-corrected chi connectivity index (χ4v) is 3.00. The Labute approximate surface area is 160 Å². The molecule has 0 unspecified atom stereocenters. The van der Waals surface area contributed by atoms with Crippen LogP contribution in [-0.4, -0.2) is 18.5 Å². The summed E-state index contributed by atoms with van der Waals surface area (Å²) in [5.74, 6) is -0.953. The van der Waals surface area contributed by atoms with Gasteiger partial charge in [-0.2, -0.15) is 0 Å². The van der Waals surface area contributed by atoms with Crippen LogP contribution in [0.1, 0.15) is 15.9 Å². The van der Waals surface area contributed by atoms with E-state index in [0.717, 1.165) is 16.3 Å². The van der Waals surface area contributed by atoms with Crippen molar-refractivity contribution in [1.29, 1.82) is 0 Å². The number of esters is 1. The molecule has 6 heteroatoms. The van der Waals surface area contributed by atoms with Crippen LogP contribution >= 0.6 is 23.2 Å².